The zero-order chi connectivity index (χ0) is 12.5. The Kier molecular flexibility index (Phi) is 5.82. The first-order valence-electron chi connectivity index (χ1n) is 5.56. The third kappa shape index (κ3) is 5.17. The van der Waals surface area contributed by atoms with Crippen molar-refractivity contribution < 1.29 is 9.53 Å². The number of carbonyl (C=O) groups is 1. The number of hydrogen-bond acceptors (Lipinski definition) is 3. The molecule has 0 bridgehead atoms. The first-order chi connectivity index (χ1) is 8.24. The molecule has 0 saturated heterocycles. The number of hydrogen-bond donors (Lipinski definition) is 2. The van der Waals surface area contributed by atoms with E-state index in [0.29, 0.717) is 19.6 Å². The number of amides is 1. The molecular weight excluding hydrogens is 216 g/mol. The highest BCUT2D eigenvalue weighted by Crippen LogP contribution is 2.07. The third-order valence-electron chi connectivity index (χ3n) is 2.17. The van der Waals surface area contributed by atoms with E-state index in [1.165, 1.54) is 0 Å². The standard InChI is InChI=1S/C13H18N2O2/c1-2-6-12(14)13(16)15-9-10-17-11-7-4-3-5-8-11/h2-5,7-8,12H,1,6,9-10,14H2,(H,15,16). The lowest BCUT2D eigenvalue weighted by molar-refractivity contribution is -0.122. The van der Waals surface area contributed by atoms with E-state index < -0.39 is 6.04 Å². The average molecular weight is 234 g/mol. The molecule has 0 radical (unpaired) electrons. The van der Waals surface area contributed by atoms with Gasteiger partial charge in [0.15, 0.2) is 0 Å². The monoisotopic (exact) mass is 234 g/mol. The van der Waals surface area contributed by atoms with Crippen LogP contribution in [-0.2, 0) is 4.79 Å². The van der Waals surface area contributed by atoms with Crippen molar-refractivity contribution >= 4 is 5.91 Å². The Morgan fingerprint density at radius 1 is 1.47 bits per heavy atom. The summed E-state index contributed by atoms with van der Waals surface area (Å²) in [5.41, 5.74) is 5.60. The van der Waals surface area contributed by atoms with Gasteiger partial charge in [-0.2, -0.15) is 0 Å². The molecule has 1 rings (SSSR count). The van der Waals surface area contributed by atoms with Gasteiger partial charge >= 0.3 is 0 Å². The van der Waals surface area contributed by atoms with Crippen LogP contribution in [0, 0.1) is 0 Å². The topological polar surface area (TPSA) is 64.4 Å². The number of para-hydroxylation sites is 1. The molecule has 3 N–H and O–H groups in total. The van der Waals surface area contributed by atoms with E-state index >= 15 is 0 Å². The molecular formula is C13H18N2O2. The van der Waals surface area contributed by atoms with Crippen LogP contribution in [0.1, 0.15) is 6.42 Å². The molecule has 92 valence electrons. The quantitative estimate of drug-likeness (QED) is 0.548. The molecule has 0 aliphatic heterocycles. The fraction of sp³-hybridized carbons (Fsp3) is 0.308. The van der Waals surface area contributed by atoms with Gasteiger partial charge in [-0.1, -0.05) is 24.3 Å². The number of nitrogens with two attached hydrogens (primary N) is 1. The van der Waals surface area contributed by atoms with E-state index in [2.05, 4.69) is 11.9 Å². The Morgan fingerprint density at radius 3 is 2.82 bits per heavy atom. The average Bonchev–Trinajstić information content (AvgIpc) is 2.36. The van der Waals surface area contributed by atoms with Crippen LogP contribution >= 0.6 is 0 Å². The zero-order valence-electron chi connectivity index (χ0n) is 9.76. The van der Waals surface area contributed by atoms with E-state index in [0.717, 1.165) is 5.75 Å². The van der Waals surface area contributed by atoms with Gasteiger partial charge < -0.3 is 15.8 Å². The number of nitrogens with one attached hydrogen (secondary N) is 1. The highest BCUT2D eigenvalue weighted by atomic mass is 16.5. The van der Waals surface area contributed by atoms with E-state index in [9.17, 15) is 4.79 Å². The summed E-state index contributed by atoms with van der Waals surface area (Å²) in [5.74, 6) is 0.610. The molecule has 1 atom stereocenters. The van der Waals surface area contributed by atoms with Gasteiger partial charge in [0.25, 0.3) is 0 Å². The summed E-state index contributed by atoms with van der Waals surface area (Å²) in [6, 6.07) is 8.92. The minimum atomic E-state index is -0.524. The largest absolute Gasteiger partial charge is 0.492 e. The number of carbonyl (C=O) groups excluding carboxylic acids is 1. The molecule has 0 fully saturated rings. The Balaban J connectivity index is 2.16. The van der Waals surface area contributed by atoms with E-state index in [1.807, 2.05) is 30.3 Å². The number of ether oxygens (including phenoxy) is 1. The van der Waals surface area contributed by atoms with Crippen molar-refractivity contribution in [3.63, 3.8) is 0 Å². The predicted molar refractivity (Wildman–Crippen MR) is 67.7 cm³/mol. The summed E-state index contributed by atoms with van der Waals surface area (Å²) in [5, 5.41) is 2.70. The third-order valence-corrected chi connectivity index (χ3v) is 2.17. The SMILES string of the molecule is C=CCC(N)C(=O)NCCOc1ccccc1. The summed E-state index contributed by atoms with van der Waals surface area (Å²) in [6.45, 7) is 4.40. The first kappa shape index (κ1) is 13.3. The van der Waals surface area contributed by atoms with Crippen molar-refractivity contribution in [2.75, 3.05) is 13.2 Å². The molecule has 17 heavy (non-hydrogen) atoms. The van der Waals surface area contributed by atoms with Crippen molar-refractivity contribution in [1.82, 2.24) is 5.32 Å². The molecule has 1 amide bonds. The lowest BCUT2D eigenvalue weighted by atomic mass is 10.2. The van der Waals surface area contributed by atoms with E-state index in [4.69, 9.17) is 10.5 Å². The molecule has 0 spiro atoms. The van der Waals surface area contributed by atoms with Crippen LogP contribution < -0.4 is 15.8 Å². The maximum Gasteiger partial charge on any atom is 0.237 e. The Labute approximate surface area is 101 Å². The van der Waals surface area contributed by atoms with Crippen LogP contribution in [0.25, 0.3) is 0 Å². The molecule has 0 aromatic heterocycles. The fourth-order valence-electron chi connectivity index (χ4n) is 1.28. The van der Waals surface area contributed by atoms with Crippen molar-refractivity contribution in [3.05, 3.63) is 43.0 Å². The molecule has 4 heteroatoms. The van der Waals surface area contributed by atoms with E-state index in [-0.39, 0.29) is 5.91 Å². The van der Waals surface area contributed by atoms with Crippen LogP contribution in [0.4, 0.5) is 0 Å². The van der Waals surface area contributed by atoms with Crippen LogP contribution in [0.5, 0.6) is 5.75 Å². The predicted octanol–water partition coefficient (Wildman–Crippen LogP) is 1.08. The van der Waals surface area contributed by atoms with Gasteiger partial charge in [0.1, 0.15) is 12.4 Å². The van der Waals surface area contributed by atoms with Crippen LogP contribution in [0.15, 0.2) is 43.0 Å². The zero-order valence-corrected chi connectivity index (χ0v) is 9.76. The molecule has 4 nitrogen and oxygen atoms in total. The van der Waals surface area contributed by atoms with Gasteiger partial charge in [-0.3, -0.25) is 4.79 Å². The molecule has 0 aliphatic carbocycles. The maximum atomic E-state index is 11.4. The van der Waals surface area contributed by atoms with Crippen molar-refractivity contribution in [2.45, 2.75) is 12.5 Å². The molecule has 1 aromatic carbocycles. The number of benzene rings is 1. The molecule has 0 heterocycles. The van der Waals surface area contributed by atoms with Gasteiger partial charge in [-0.15, -0.1) is 6.58 Å². The Hall–Kier alpha value is -1.81. The lowest BCUT2D eigenvalue weighted by Gasteiger charge is -2.10. The first-order valence-corrected chi connectivity index (χ1v) is 5.56. The molecule has 1 unspecified atom stereocenters. The highest BCUT2D eigenvalue weighted by molar-refractivity contribution is 5.81. The Bertz CT molecular complexity index is 352. The molecule has 0 aliphatic rings. The highest BCUT2D eigenvalue weighted by Gasteiger charge is 2.10. The van der Waals surface area contributed by atoms with Gasteiger partial charge in [-0.25, -0.2) is 0 Å². The molecule has 1 aromatic rings. The summed E-state index contributed by atoms with van der Waals surface area (Å²) < 4.78 is 5.42. The minimum Gasteiger partial charge on any atom is -0.492 e. The Morgan fingerprint density at radius 2 is 2.18 bits per heavy atom. The normalized spacial score (nSPS) is 11.6. The smallest absolute Gasteiger partial charge is 0.237 e. The van der Waals surface area contributed by atoms with Crippen molar-refractivity contribution in [2.24, 2.45) is 5.73 Å². The summed E-state index contributed by atoms with van der Waals surface area (Å²) in [7, 11) is 0. The second-order valence-corrected chi connectivity index (χ2v) is 3.58. The second-order valence-electron chi connectivity index (χ2n) is 3.58. The van der Waals surface area contributed by atoms with Gasteiger partial charge in [0, 0.05) is 0 Å². The second kappa shape index (κ2) is 7.46. The van der Waals surface area contributed by atoms with Gasteiger partial charge in [0.2, 0.25) is 5.91 Å². The summed E-state index contributed by atoms with van der Waals surface area (Å²) in [6.07, 6.45) is 2.11. The van der Waals surface area contributed by atoms with E-state index in [1.54, 1.807) is 6.08 Å². The van der Waals surface area contributed by atoms with Crippen LogP contribution in [0.2, 0.25) is 0 Å². The van der Waals surface area contributed by atoms with Crippen molar-refractivity contribution in [3.8, 4) is 5.75 Å². The summed E-state index contributed by atoms with van der Waals surface area (Å²) >= 11 is 0. The number of rotatable bonds is 7. The van der Waals surface area contributed by atoms with Crippen LogP contribution in [0.3, 0.4) is 0 Å². The van der Waals surface area contributed by atoms with Gasteiger partial charge in [0.05, 0.1) is 12.6 Å². The van der Waals surface area contributed by atoms with Crippen molar-refractivity contribution in [1.29, 1.82) is 0 Å². The maximum absolute atomic E-state index is 11.4. The minimum absolute atomic E-state index is 0.179. The van der Waals surface area contributed by atoms with Gasteiger partial charge in [-0.05, 0) is 18.6 Å². The summed E-state index contributed by atoms with van der Waals surface area (Å²) in [4.78, 5) is 11.4. The molecule has 0 saturated carbocycles. The lowest BCUT2D eigenvalue weighted by Crippen LogP contribution is -2.41. The fourth-order valence-corrected chi connectivity index (χ4v) is 1.28. The van der Waals surface area contributed by atoms with Crippen LogP contribution in [-0.4, -0.2) is 25.1 Å².